The fourth-order valence-electron chi connectivity index (χ4n) is 2.98. The molecule has 1 atom stereocenters. The number of aromatic nitrogens is 1. The van der Waals surface area contributed by atoms with Gasteiger partial charge in [0.05, 0.1) is 11.3 Å². The van der Waals surface area contributed by atoms with E-state index >= 15 is 0 Å². The second kappa shape index (κ2) is 6.22. The molecule has 116 valence electrons. The standard InChI is InChI=1S/C17H20FN3O/c1-12-14(8-9-19-12)17(22)20-13-5-4-10-21(11-13)16-7-3-2-6-15(16)18/h2-3,6-9,13,19H,4-5,10-11H2,1H3,(H,20,22). The van der Waals surface area contributed by atoms with Crippen LogP contribution in [0.1, 0.15) is 28.9 Å². The third kappa shape index (κ3) is 2.98. The highest BCUT2D eigenvalue weighted by atomic mass is 19.1. The summed E-state index contributed by atoms with van der Waals surface area (Å²) in [4.78, 5) is 17.3. The van der Waals surface area contributed by atoms with Crippen LogP contribution in [0.2, 0.25) is 0 Å². The number of anilines is 1. The summed E-state index contributed by atoms with van der Waals surface area (Å²) in [6.45, 7) is 3.33. The zero-order chi connectivity index (χ0) is 15.5. The molecular formula is C17H20FN3O. The summed E-state index contributed by atoms with van der Waals surface area (Å²) in [5.41, 5.74) is 2.14. The Labute approximate surface area is 129 Å². The highest BCUT2D eigenvalue weighted by Gasteiger charge is 2.24. The van der Waals surface area contributed by atoms with Crippen molar-refractivity contribution < 1.29 is 9.18 Å². The topological polar surface area (TPSA) is 48.1 Å². The second-order valence-electron chi connectivity index (χ2n) is 5.73. The van der Waals surface area contributed by atoms with E-state index in [4.69, 9.17) is 0 Å². The maximum Gasteiger partial charge on any atom is 0.253 e. The molecule has 22 heavy (non-hydrogen) atoms. The van der Waals surface area contributed by atoms with Gasteiger partial charge in [0.15, 0.2) is 0 Å². The Bertz CT molecular complexity index is 667. The predicted molar refractivity (Wildman–Crippen MR) is 84.6 cm³/mol. The van der Waals surface area contributed by atoms with E-state index < -0.39 is 0 Å². The van der Waals surface area contributed by atoms with E-state index in [0.717, 1.165) is 25.1 Å². The van der Waals surface area contributed by atoms with Crippen LogP contribution in [0, 0.1) is 12.7 Å². The lowest BCUT2D eigenvalue weighted by Gasteiger charge is -2.34. The van der Waals surface area contributed by atoms with Gasteiger partial charge >= 0.3 is 0 Å². The Balaban J connectivity index is 1.68. The van der Waals surface area contributed by atoms with Gasteiger partial charge in [-0.05, 0) is 38.0 Å². The van der Waals surface area contributed by atoms with E-state index in [2.05, 4.69) is 10.3 Å². The van der Waals surface area contributed by atoms with Gasteiger partial charge in [-0.15, -0.1) is 0 Å². The lowest BCUT2D eigenvalue weighted by atomic mass is 10.0. The fourth-order valence-corrected chi connectivity index (χ4v) is 2.98. The van der Waals surface area contributed by atoms with Crippen LogP contribution in [0.5, 0.6) is 0 Å². The number of para-hydroxylation sites is 1. The van der Waals surface area contributed by atoms with Crippen molar-refractivity contribution in [3.63, 3.8) is 0 Å². The normalized spacial score (nSPS) is 18.3. The SMILES string of the molecule is Cc1[nH]ccc1C(=O)NC1CCCN(c2ccccc2F)C1. The minimum Gasteiger partial charge on any atom is -0.367 e. The molecule has 1 aromatic heterocycles. The lowest BCUT2D eigenvalue weighted by Crippen LogP contribution is -2.48. The smallest absolute Gasteiger partial charge is 0.253 e. The van der Waals surface area contributed by atoms with Crippen molar-refractivity contribution in [2.75, 3.05) is 18.0 Å². The molecule has 1 fully saturated rings. The summed E-state index contributed by atoms with van der Waals surface area (Å²) >= 11 is 0. The van der Waals surface area contributed by atoms with Gasteiger partial charge in [-0.3, -0.25) is 4.79 Å². The van der Waals surface area contributed by atoms with Crippen LogP contribution in [0.25, 0.3) is 0 Å². The molecule has 2 N–H and O–H groups in total. The average Bonchev–Trinajstić information content (AvgIpc) is 2.94. The van der Waals surface area contributed by atoms with Crippen LogP contribution in [0.15, 0.2) is 36.5 Å². The maximum atomic E-state index is 13.9. The number of piperidine rings is 1. The number of amides is 1. The summed E-state index contributed by atoms with van der Waals surface area (Å²) in [5, 5.41) is 3.06. The van der Waals surface area contributed by atoms with Gasteiger partial charge < -0.3 is 15.2 Å². The molecule has 0 aliphatic carbocycles. The van der Waals surface area contributed by atoms with Gasteiger partial charge in [-0.2, -0.15) is 0 Å². The van der Waals surface area contributed by atoms with Crippen LogP contribution in [0.3, 0.4) is 0 Å². The first-order valence-electron chi connectivity index (χ1n) is 7.59. The van der Waals surface area contributed by atoms with E-state index in [1.165, 1.54) is 6.07 Å². The van der Waals surface area contributed by atoms with Crippen molar-refractivity contribution >= 4 is 11.6 Å². The number of H-pyrrole nitrogens is 1. The van der Waals surface area contributed by atoms with Crippen molar-refractivity contribution in [2.45, 2.75) is 25.8 Å². The number of benzene rings is 1. The summed E-state index contributed by atoms with van der Waals surface area (Å²) in [7, 11) is 0. The van der Waals surface area contributed by atoms with Crippen molar-refractivity contribution in [2.24, 2.45) is 0 Å². The largest absolute Gasteiger partial charge is 0.367 e. The van der Waals surface area contributed by atoms with E-state index in [1.54, 1.807) is 24.4 Å². The number of nitrogens with zero attached hydrogens (tertiary/aromatic N) is 1. The quantitative estimate of drug-likeness (QED) is 0.916. The van der Waals surface area contributed by atoms with E-state index in [0.29, 0.717) is 17.8 Å². The Morgan fingerprint density at radius 2 is 2.18 bits per heavy atom. The molecule has 1 unspecified atom stereocenters. The number of aromatic amines is 1. The van der Waals surface area contributed by atoms with Crippen LogP contribution in [0.4, 0.5) is 10.1 Å². The zero-order valence-corrected chi connectivity index (χ0v) is 12.6. The lowest BCUT2D eigenvalue weighted by molar-refractivity contribution is 0.0932. The summed E-state index contributed by atoms with van der Waals surface area (Å²) in [6.07, 6.45) is 3.61. The Morgan fingerprint density at radius 1 is 1.36 bits per heavy atom. The molecule has 0 radical (unpaired) electrons. The summed E-state index contributed by atoms with van der Waals surface area (Å²) in [5.74, 6) is -0.282. The number of carbonyl (C=O) groups excluding carboxylic acids is 1. The third-order valence-corrected chi connectivity index (χ3v) is 4.15. The van der Waals surface area contributed by atoms with Crippen molar-refractivity contribution in [3.8, 4) is 0 Å². The first-order chi connectivity index (χ1) is 10.6. The number of carbonyl (C=O) groups is 1. The molecule has 4 nitrogen and oxygen atoms in total. The molecule has 0 bridgehead atoms. The van der Waals surface area contributed by atoms with Gasteiger partial charge in [0.25, 0.3) is 5.91 Å². The van der Waals surface area contributed by atoms with Crippen LogP contribution >= 0.6 is 0 Å². The van der Waals surface area contributed by atoms with Crippen LogP contribution in [-0.4, -0.2) is 30.0 Å². The second-order valence-corrected chi connectivity index (χ2v) is 5.73. The van der Waals surface area contributed by atoms with Crippen molar-refractivity contribution in [1.29, 1.82) is 0 Å². The van der Waals surface area contributed by atoms with E-state index in [9.17, 15) is 9.18 Å². The number of rotatable bonds is 3. The number of hydrogen-bond donors (Lipinski definition) is 2. The van der Waals surface area contributed by atoms with Gasteiger partial charge in [0.2, 0.25) is 0 Å². The molecule has 3 rings (SSSR count). The molecule has 2 heterocycles. The van der Waals surface area contributed by atoms with Gasteiger partial charge in [0, 0.05) is 31.0 Å². The van der Waals surface area contributed by atoms with Crippen molar-refractivity contribution in [3.05, 3.63) is 53.6 Å². The van der Waals surface area contributed by atoms with E-state index in [-0.39, 0.29) is 17.8 Å². The molecule has 1 saturated heterocycles. The fraction of sp³-hybridized carbons (Fsp3) is 0.353. The Morgan fingerprint density at radius 3 is 2.91 bits per heavy atom. The minimum atomic E-state index is -0.212. The highest BCUT2D eigenvalue weighted by Crippen LogP contribution is 2.23. The predicted octanol–water partition coefficient (Wildman–Crippen LogP) is 2.86. The number of nitrogens with one attached hydrogen (secondary N) is 2. The molecule has 5 heteroatoms. The average molecular weight is 301 g/mol. The molecule has 1 aliphatic heterocycles. The van der Waals surface area contributed by atoms with E-state index in [1.807, 2.05) is 17.9 Å². The van der Waals surface area contributed by atoms with Gasteiger partial charge in [0.1, 0.15) is 5.82 Å². The molecule has 2 aromatic rings. The monoisotopic (exact) mass is 301 g/mol. The molecule has 1 aliphatic rings. The van der Waals surface area contributed by atoms with Gasteiger partial charge in [-0.25, -0.2) is 4.39 Å². The molecule has 0 spiro atoms. The first kappa shape index (κ1) is 14.6. The van der Waals surface area contributed by atoms with Crippen molar-refractivity contribution in [1.82, 2.24) is 10.3 Å². The number of aryl methyl sites for hydroxylation is 1. The first-order valence-corrected chi connectivity index (χ1v) is 7.59. The molecule has 1 amide bonds. The van der Waals surface area contributed by atoms with Gasteiger partial charge in [-0.1, -0.05) is 12.1 Å². The summed E-state index contributed by atoms with van der Waals surface area (Å²) in [6, 6.07) is 8.61. The highest BCUT2D eigenvalue weighted by molar-refractivity contribution is 5.95. The Kier molecular flexibility index (Phi) is 4.13. The number of halogens is 1. The molecule has 1 aromatic carbocycles. The Hall–Kier alpha value is -2.30. The third-order valence-electron chi connectivity index (χ3n) is 4.15. The maximum absolute atomic E-state index is 13.9. The molecular weight excluding hydrogens is 281 g/mol. The number of hydrogen-bond acceptors (Lipinski definition) is 2. The van der Waals surface area contributed by atoms with Crippen LogP contribution < -0.4 is 10.2 Å². The zero-order valence-electron chi connectivity index (χ0n) is 12.6. The molecule has 0 saturated carbocycles. The summed E-state index contributed by atoms with van der Waals surface area (Å²) < 4.78 is 13.9. The van der Waals surface area contributed by atoms with Crippen LogP contribution in [-0.2, 0) is 0 Å². The minimum absolute atomic E-state index is 0.0372.